The van der Waals surface area contributed by atoms with E-state index in [0.29, 0.717) is 0 Å². The molecule has 4 aromatic rings. The number of ether oxygens (including phenoxy) is 1. The number of carboxylic acids is 1. The molecule has 0 N–H and O–H groups in total. The Morgan fingerprint density at radius 2 is 1.11 bits per heavy atom. The molecule has 4 rings (SSSR count). The summed E-state index contributed by atoms with van der Waals surface area (Å²) in [4.78, 5) is 8.89. The second kappa shape index (κ2) is 11.8. The van der Waals surface area contributed by atoms with E-state index >= 15 is 0 Å². The minimum absolute atomic E-state index is 0.912. The highest BCUT2D eigenvalue weighted by atomic mass is 31.2. The normalized spacial score (nSPS) is 10.8. The third-order valence-electron chi connectivity index (χ3n) is 6.13. The first-order valence-corrected chi connectivity index (χ1v) is 13.6. The lowest BCUT2D eigenvalue weighted by Gasteiger charge is -2.31. The summed E-state index contributed by atoms with van der Waals surface area (Å²) in [6.07, 6.45) is 0.963. The van der Waals surface area contributed by atoms with Crippen molar-refractivity contribution in [3.05, 3.63) is 119 Å². The van der Waals surface area contributed by atoms with Crippen molar-refractivity contribution in [2.75, 3.05) is 7.11 Å². The number of methoxy groups -OCH3 is 1. The van der Waals surface area contributed by atoms with Crippen LogP contribution in [-0.2, 0) is 11.0 Å². The Labute approximate surface area is 209 Å². The maximum absolute atomic E-state index is 8.89. The molecular weight excluding hydrogens is 451 g/mol. The lowest BCUT2D eigenvalue weighted by molar-refractivity contribution is -0.302. The highest BCUT2D eigenvalue weighted by Crippen LogP contribution is 2.60. The molecular formula is C31H33O3P. The molecule has 0 aromatic heterocycles. The van der Waals surface area contributed by atoms with Gasteiger partial charge in [0.2, 0.25) is 0 Å². The molecule has 0 aliphatic rings. The predicted molar refractivity (Wildman–Crippen MR) is 147 cm³/mol. The van der Waals surface area contributed by atoms with E-state index in [1.165, 1.54) is 38.2 Å². The fourth-order valence-electron chi connectivity index (χ4n) is 4.66. The number of carbonyl (C=O) groups excluding carboxylic acids is 1. The topological polar surface area (TPSA) is 49.4 Å². The van der Waals surface area contributed by atoms with E-state index in [4.69, 9.17) is 14.6 Å². The van der Waals surface area contributed by atoms with Crippen molar-refractivity contribution in [1.82, 2.24) is 0 Å². The molecule has 180 valence electrons. The van der Waals surface area contributed by atoms with Crippen LogP contribution in [0.4, 0.5) is 0 Å². The fourth-order valence-corrected chi connectivity index (χ4v) is 9.75. The van der Waals surface area contributed by atoms with E-state index in [1.807, 2.05) is 6.07 Å². The molecule has 4 aromatic carbocycles. The van der Waals surface area contributed by atoms with Gasteiger partial charge in [0.25, 0.3) is 0 Å². The summed E-state index contributed by atoms with van der Waals surface area (Å²) in [6, 6.07) is 35.4. The Kier molecular flexibility index (Phi) is 8.84. The highest BCUT2D eigenvalue weighted by molar-refractivity contribution is 7.95. The summed E-state index contributed by atoms with van der Waals surface area (Å²) < 4.78 is 5.57. The lowest BCUT2D eigenvalue weighted by Crippen LogP contribution is -2.36. The molecule has 0 amide bonds. The number of carbonyl (C=O) groups is 1. The lowest BCUT2D eigenvalue weighted by atomic mass is 10.2. The van der Waals surface area contributed by atoms with Crippen molar-refractivity contribution in [1.29, 1.82) is 0 Å². The number of aryl methyl sites for hydroxylation is 3. The van der Waals surface area contributed by atoms with Crippen LogP contribution in [0, 0.1) is 20.8 Å². The average molecular weight is 485 g/mol. The first-order chi connectivity index (χ1) is 16.8. The van der Waals surface area contributed by atoms with Gasteiger partial charge in [-0.25, -0.2) is 0 Å². The van der Waals surface area contributed by atoms with Crippen molar-refractivity contribution in [2.45, 2.75) is 33.9 Å². The Bertz CT molecular complexity index is 1180. The predicted octanol–water partition coefficient (Wildman–Crippen LogP) is 4.87. The van der Waals surface area contributed by atoms with Crippen LogP contribution in [0.3, 0.4) is 0 Å². The minimum Gasteiger partial charge on any atom is -0.550 e. The molecule has 4 heteroatoms. The number of benzene rings is 4. The molecule has 35 heavy (non-hydrogen) atoms. The standard InChI is InChI=1S/C29H30OP.C2H4O2/c1-22-12-5-8-17-27(22)31(28-18-9-6-13-23(28)2,29-19-10-7-14-24(29)3)21-25-15-11-16-26(20-25)30-4;1-2(3)4/h5-20H,21H2,1-4H3;1H3,(H,3,4)/q+1;/p-1. The van der Waals surface area contributed by atoms with E-state index < -0.39 is 13.2 Å². The number of hydrogen-bond acceptors (Lipinski definition) is 3. The highest BCUT2D eigenvalue weighted by Gasteiger charge is 2.48. The Balaban J connectivity index is 0.000000795. The smallest absolute Gasteiger partial charge is 0.119 e. The molecule has 0 heterocycles. The molecule has 0 radical (unpaired) electrons. The quantitative estimate of drug-likeness (QED) is 0.367. The average Bonchev–Trinajstić information content (AvgIpc) is 2.84. The second-order valence-corrected chi connectivity index (χ2v) is 12.1. The van der Waals surface area contributed by atoms with Crippen molar-refractivity contribution >= 4 is 29.1 Å². The van der Waals surface area contributed by atoms with Crippen LogP contribution in [0.15, 0.2) is 97.1 Å². The molecule has 0 saturated heterocycles. The van der Waals surface area contributed by atoms with Crippen LogP contribution in [0.1, 0.15) is 29.2 Å². The van der Waals surface area contributed by atoms with Gasteiger partial charge in [-0.2, -0.15) is 0 Å². The van der Waals surface area contributed by atoms with E-state index in [-0.39, 0.29) is 0 Å². The van der Waals surface area contributed by atoms with Crippen molar-refractivity contribution in [2.24, 2.45) is 0 Å². The van der Waals surface area contributed by atoms with Gasteiger partial charge < -0.3 is 14.6 Å². The Morgan fingerprint density at radius 3 is 1.49 bits per heavy atom. The Morgan fingerprint density at radius 1 is 0.714 bits per heavy atom. The zero-order chi connectivity index (χ0) is 25.4. The third kappa shape index (κ3) is 5.99. The van der Waals surface area contributed by atoms with Gasteiger partial charge in [-0.1, -0.05) is 66.7 Å². The van der Waals surface area contributed by atoms with E-state index in [2.05, 4.69) is 112 Å². The minimum atomic E-state index is -1.97. The third-order valence-corrected chi connectivity index (χ3v) is 10.9. The maximum atomic E-state index is 8.89. The molecule has 0 bridgehead atoms. The van der Waals surface area contributed by atoms with Crippen LogP contribution >= 0.6 is 7.26 Å². The van der Waals surface area contributed by atoms with Gasteiger partial charge in [0.1, 0.15) is 28.9 Å². The molecule has 0 unspecified atom stereocenters. The SMILES string of the molecule is CC(=O)[O-].COc1cccc(C[P+](c2ccccc2C)(c2ccccc2C)c2ccccc2C)c1. The molecule has 0 aliphatic carbocycles. The van der Waals surface area contributed by atoms with Gasteiger partial charge >= 0.3 is 0 Å². The summed E-state index contributed by atoms with van der Waals surface area (Å²) in [5, 5.41) is 13.3. The van der Waals surface area contributed by atoms with Gasteiger partial charge in [0, 0.05) is 5.97 Å². The van der Waals surface area contributed by atoms with E-state index in [9.17, 15) is 0 Å². The maximum Gasteiger partial charge on any atom is 0.119 e. The summed E-state index contributed by atoms with van der Waals surface area (Å²) in [7, 11) is -0.232. The van der Waals surface area contributed by atoms with Crippen LogP contribution in [0.2, 0.25) is 0 Å². The molecule has 0 saturated carbocycles. The van der Waals surface area contributed by atoms with Crippen LogP contribution in [0.25, 0.3) is 0 Å². The van der Waals surface area contributed by atoms with Crippen molar-refractivity contribution in [3.63, 3.8) is 0 Å². The number of carboxylic acid groups (broad SMARTS) is 1. The fraction of sp³-hybridized carbons (Fsp3) is 0.194. The summed E-state index contributed by atoms with van der Waals surface area (Å²) in [6.45, 7) is 7.74. The number of aliphatic carboxylic acids is 1. The van der Waals surface area contributed by atoms with Crippen LogP contribution in [0.5, 0.6) is 5.75 Å². The van der Waals surface area contributed by atoms with E-state index in [1.54, 1.807) is 7.11 Å². The molecule has 0 fully saturated rings. The largest absolute Gasteiger partial charge is 0.550 e. The zero-order valence-corrected chi connectivity index (χ0v) is 22.0. The molecule has 3 nitrogen and oxygen atoms in total. The van der Waals surface area contributed by atoms with Gasteiger partial charge in [0.05, 0.1) is 13.3 Å². The number of rotatable bonds is 6. The van der Waals surface area contributed by atoms with Gasteiger partial charge in [-0.15, -0.1) is 0 Å². The molecule has 0 spiro atoms. The van der Waals surface area contributed by atoms with Gasteiger partial charge in [-0.05, 0) is 80.3 Å². The van der Waals surface area contributed by atoms with E-state index in [0.717, 1.165) is 18.8 Å². The van der Waals surface area contributed by atoms with Gasteiger partial charge in [0.15, 0.2) is 0 Å². The number of hydrogen-bond donors (Lipinski definition) is 0. The summed E-state index contributed by atoms with van der Waals surface area (Å²) in [5.41, 5.74) is 5.36. The molecule has 0 atom stereocenters. The summed E-state index contributed by atoms with van der Waals surface area (Å²) in [5.74, 6) is -0.171. The Hall–Kier alpha value is -3.42. The van der Waals surface area contributed by atoms with Crippen LogP contribution in [-0.4, -0.2) is 13.1 Å². The summed E-state index contributed by atoms with van der Waals surface area (Å²) >= 11 is 0. The van der Waals surface area contributed by atoms with Gasteiger partial charge in [-0.3, -0.25) is 0 Å². The van der Waals surface area contributed by atoms with Crippen molar-refractivity contribution in [3.8, 4) is 5.75 Å². The molecule has 0 aliphatic heterocycles. The van der Waals surface area contributed by atoms with Crippen molar-refractivity contribution < 1.29 is 14.6 Å². The monoisotopic (exact) mass is 484 g/mol. The first-order valence-electron chi connectivity index (χ1n) is 11.7. The first kappa shape index (κ1) is 26.2. The van der Waals surface area contributed by atoms with Crippen LogP contribution < -0.4 is 25.8 Å². The second-order valence-electron chi connectivity index (χ2n) is 8.67. The zero-order valence-electron chi connectivity index (χ0n) is 21.1.